The maximum Gasteiger partial charge on any atom is 0.257 e. The number of piperidine rings is 1. The largest absolute Gasteiger partial charge is 0.619 e. The van der Waals surface area contributed by atoms with Crippen LogP contribution in [0.25, 0.3) is 0 Å². The molecule has 2 aromatic heterocycles. The van der Waals surface area contributed by atoms with Crippen LogP contribution in [0.2, 0.25) is 5.02 Å². The number of carbonyl (C=O) groups excluding carboxylic acids is 1. The normalized spacial score (nSPS) is 19.2. The summed E-state index contributed by atoms with van der Waals surface area (Å²) in [7, 11) is 0. The molecule has 2 atom stereocenters. The van der Waals surface area contributed by atoms with Crippen molar-refractivity contribution >= 4 is 23.3 Å². The van der Waals surface area contributed by atoms with Gasteiger partial charge in [0.05, 0.1) is 18.3 Å². The zero-order valence-corrected chi connectivity index (χ0v) is 18.8. The molecule has 4 rings (SSSR count). The van der Waals surface area contributed by atoms with Crippen LogP contribution < -0.4 is 10.0 Å². The topological polar surface area (TPSA) is 77.1 Å². The molecule has 0 bridgehead atoms. The fraction of sp³-hybridized carbons (Fsp3) is 0.348. The highest BCUT2D eigenvalue weighted by Crippen LogP contribution is 2.40. The Labute approximate surface area is 195 Å². The quantitative estimate of drug-likeness (QED) is 0.436. The van der Waals surface area contributed by atoms with Crippen LogP contribution in [0.5, 0.6) is 0 Å². The second-order valence-electron chi connectivity index (χ2n) is 8.28. The summed E-state index contributed by atoms with van der Waals surface area (Å²) in [6.07, 6.45) is 5.37. The van der Waals surface area contributed by atoms with E-state index in [1.165, 1.54) is 24.5 Å². The molecule has 33 heavy (non-hydrogen) atoms. The molecule has 1 aromatic carbocycles. The maximum atomic E-state index is 14.6. The van der Waals surface area contributed by atoms with E-state index in [4.69, 9.17) is 11.6 Å². The average Bonchev–Trinajstić information content (AvgIpc) is 3.20. The van der Waals surface area contributed by atoms with Gasteiger partial charge in [0, 0.05) is 49.4 Å². The molecule has 1 N–H and O–H groups in total. The lowest BCUT2D eigenvalue weighted by atomic mass is 9.87. The first-order valence-electron chi connectivity index (χ1n) is 10.6. The van der Waals surface area contributed by atoms with Crippen molar-refractivity contribution in [3.05, 3.63) is 82.7 Å². The molecule has 174 valence electrons. The molecule has 0 saturated carbocycles. The third-order valence-electron chi connectivity index (χ3n) is 5.96. The third-order valence-corrected chi connectivity index (χ3v) is 6.19. The molecule has 1 aliphatic rings. The van der Waals surface area contributed by atoms with Crippen molar-refractivity contribution in [3.63, 3.8) is 0 Å². The Morgan fingerprint density at radius 1 is 1.36 bits per heavy atom. The van der Waals surface area contributed by atoms with Gasteiger partial charge in [-0.05, 0) is 30.2 Å². The van der Waals surface area contributed by atoms with Gasteiger partial charge in [-0.3, -0.25) is 9.69 Å². The van der Waals surface area contributed by atoms with Crippen molar-refractivity contribution in [3.8, 4) is 0 Å². The van der Waals surface area contributed by atoms with Crippen LogP contribution in [0.1, 0.15) is 30.4 Å². The van der Waals surface area contributed by atoms with E-state index >= 15 is 0 Å². The van der Waals surface area contributed by atoms with E-state index in [1.54, 1.807) is 30.4 Å². The first kappa shape index (κ1) is 23.1. The fourth-order valence-corrected chi connectivity index (χ4v) is 4.25. The van der Waals surface area contributed by atoms with Gasteiger partial charge in [-0.25, -0.2) is 13.8 Å². The highest BCUT2D eigenvalue weighted by molar-refractivity contribution is 6.30. The molecular weight excluding hydrogens is 452 g/mol. The number of halogens is 3. The molecule has 0 unspecified atom stereocenters. The van der Waals surface area contributed by atoms with Crippen LogP contribution in [-0.4, -0.2) is 45.4 Å². The second-order valence-corrected chi connectivity index (χ2v) is 8.71. The Morgan fingerprint density at radius 2 is 2.12 bits per heavy atom. The van der Waals surface area contributed by atoms with Crippen molar-refractivity contribution in [1.82, 2.24) is 14.5 Å². The van der Waals surface area contributed by atoms with Gasteiger partial charge in [-0.2, -0.15) is 4.73 Å². The van der Waals surface area contributed by atoms with E-state index in [2.05, 4.69) is 10.3 Å². The number of nitrogens with one attached hydrogen (secondary N) is 1. The Kier molecular flexibility index (Phi) is 6.62. The van der Waals surface area contributed by atoms with E-state index in [1.807, 2.05) is 22.8 Å². The van der Waals surface area contributed by atoms with E-state index in [0.29, 0.717) is 27.7 Å². The first-order valence-corrected chi connectivity index (χ1v) is 11.0. The molecule has 0 radical (unpaired) electrons. The van der Waals surface area contributed by atoms with Gasteiger partial charge < -0.3 is 15.1 Å². The molecule has 3 aromatic rings. The summed E-state index contributed by atoms with van der Waals surface area (Å²) in [5.41, 5.74) is 1.37. The third kappa shape index (κ3) is 5.48. The van der Waals surface area contributed by atoms with E-state index < -0.39 is 17.9 Å². The number of benzene rings is 1. The van der Waals surface area contributed by atoms with Crippen molar-refractivity contribution in [2.45, 2.75) is 37.8 Å². The van der Waals surface area contributed by atoms with Gasteiger partial charge >= 0.3 is 0 Å². The van der Waals surface area contributed by atoms with Crippen molar-refractivity contribution in [2.24, 2.45) is 0 Å². The van der Waals surface area contributed by atoms with Crippen molar-refractivity contribution in [2.75, 3.05) is 18.4 Å². The van der Waals surface area contributed by atoms with Crippen LogP contribution in [0.3, 0.4) is 0 Å². The van der Waals surface area contributed by atoms with E-state index in [-0.39, 0.29) is 25.4 Å². The zero-order valence-electron chi connectivity index (χ0n) is 18.0. The number of amides is 1. The summed E-state index contributed by atoms with van der Waals surface area (Å²) in [5, 5.41) is 14.7. The number of aromatic nitrogens is 3. The van der Waals surface area contributed by atoms with Crippen molar-refractivity contribution in [1.29, 1.82) is 0 Å². The maximum absolute atomic E-state index is 14.6. The molecule has 1 aliphatic heterocycles. The second kappa shape index (κ2) is 9.44. The number of hydrogen-bond acceptors (Lipinski definition) is 4. The highest BCUT2D eigenvalue weighted by atomic mass is 35.5. The Balaban J connectivity index is 1.39. The number of nitrogens with zero attached hydrogens (tertiary/aromatic N) is 4. The summed E-state index contributed by atoms with van der Waals surface area (Å²) in [4.78, 5) is 18.8. The number of pyridine rings is 1. The SMILES string of the molecule is C[C@@H](C(=O)Nc1cn(Cc2cccc(Cl)c2)cn1)N1CCC(F)(F)[C@@H](c2cc[n+]([O-])cc2)C1. The fourth-order valence-electron chi connectivity index (χ4n) is 4.04. The lowest BCUT2D eigenvalue weighted by Crippen LogP contribution is -2.52. The van der Waals surface area contributed by atoms with Gasteiger partial charge in [-0.15, -0.1) is 0 Å². The minimum Gasteiger partial charge on any atom is -0.619 e. The Morgan fingerprint density at radius 3 is 2.85 bits per heavy atom. The van der Waals surface area contributed by atoms with Crippen molar-refractivity contribution < 1.29 is 18.3 Å². The Hall–Kier alpha value is -3.04. The molecule has 1 amide bonds. The monoisotopic (exact) mass is 475 g/mol. The molecule has 1 saturated heterocycles. The van der Waals surface area contributed by atoms with Gasteiger partial charge in [0.2, 0.25) is 5.91 Å². The zero-order chi connectivity index (χ0) is 23.6. The number of imidazole rings is 1. The van der Waals surface area contributed by atoms with Gasteiger partial charge in [0.25, 0.3) is 5.92 Å². The number of anilines is 1. The molecule has 3 heterocycles. The first-order chi connectivity index (χ1) is 15.7. The summed E-state index contributed by atoms with van der Waals surface area (Å²) < 4.78 is 31.6. The van der Waals surface area contributed by atoms with Gasteiger partial charge in [-0.1, -0.05) is 23.7 Å². The van der Waals surface area contributed by atoms with E-state index in [9.17, 15) is 18.8 Å². The van der Waals surface area contributed by atoms with Crippen LogP contribution in [-0.2, 0) is 11.3 Å². The minimum absolute atomic E-state index is 0.00760. The van der Waals surface area contributed by atoms with E-state index in [0.717, 1.165) is 5.56 Å². The smallest absolute Gasteiger partial charge is 0.257 e. The Bertz CT molecular complexity index is 1120. The number of alkyl halides is 2. The number of likely N-dealkylation sites (tertiary alicyclic amines) is 1. The molecule has 1 fully saturated rings. The van der Waals surface area contributed by atoms with Gasteiger partial charge in [0.1, 0.15) is 0 Å². The predicted molar refractivity (Wildman–Crippen MR) is 120 cm³/mol. The highest BCUT2D eigenvalue weighted by Gasteiger charge is 2.46. The molecule has 0 aliphatic carbocycles. The number of hydrogen-bond donors (Lipinski definition) is 1. The summed E-state index contributed by atoms with van der Waals surface area (Å²) in [6.45, 7) is 2.33. The molecular formula is C23H24ClF2N5O2. The standard InChI is InChI=1S/C23H24ClF2N5O2/c1-16(30-10-7-23(25,26)20(13-30)18-5-8-31(33)9-6-18)22(32)28-21-14-29(15-27-21)12-17-3-2-4-19(24)11-17/h2-6,8-9,11,14-16,20H,7,10,12-13H2,1H3,(H,28,32)/t16-,20+/m0/s1. The minimum atomic E-state index is -2.92. The van der Waals surface area contributed by atoms with Crippen LogP contribution in [0.4, 0.5) is 14.6 Å². The number of carbonyl (C=O) groups is 1. The van der Waals surface area contributed by atoms with Gasteiger partial charge in [0.15, 0.2) is 18.2 Å². The molecule has 10 heteroatoms. The molecule has 0 spiro atoms. The van der Waals surface area contributed by atoms with Crippen LogP contribution in [0.15, 0.2) is 61.3 Å². The predicted octanol–water partition coefficient (Wildman–Crippen LogP) is 3.67. The molecule has 7 nitrogen and oxygen atoms in total. The summed E-state index contributed by atoms with van der Waals surface area (Å²) in [6, 6.07) is 9.65. The number of rotatable bonds is 6. The van der Waals surface area contributed by atoms with Crippen LogP contribution in [0, 0.1) is 5.21 Å². The lowest BCUT2D eigenvalue weighted by Gasteiger charge is -2.40. The van der Waals surface area contributed by atoms with Crippen LogP contribution >= 0.6 is 11.6 Å². The lowest BCUT2D eigenvalue weighted by molar-refractivity contribution is -0.605. The summed E-state index contributed by atoms with van der Waals surface area (Å²) >= 11 is 6.02. The summed E-state index contributed by atoms with van der Waals surface area (Å²) in [5.74, 6) is -3.95. The average molecular weight is 476 g/mol.